The number of nitrogens with one attached hydrogen (secondary N) is 1. The Morgan fingerprint density at radius 2 is 1.97 bits per heavy atom. The standard InChI is InChI=1S/C22H25N5O4/c1-13-15(18(23)28)8-9-16-17(13)19(29)31-21(25-16)26-22(2,3)20(30)27(4)12-10-14-7-5-6-11-24-14/h5-9,11H,10,12H2,1-4H3,(H2,23,28)(H,25,26). The molecule has 2 amide bonds. The summed E-state index contributed by atoms with van der Waals surface area (Å²) in [5.41, 5.74) is 5.45. The summed E-state index contributed by atoms with van der Waals surface area (Å²) in [5.74, 6) is -0.838. The highest BCUT2D eigenvalue weighted by atomic mass is 16.4. The van der Waals surface area contributed by atoms with Gasteiger partial charge in [0.25, 0.3) is 6.01 Å². The maximum absolute atomic E-state index is 13.0. The van der Waals surface area contributed by atoms with Crippen molar-refractivity contribution in [3.05, 3.63) is 63.8 Å². The fourth-order valence-corrected chi connectivity index (χ4v) is 3.37. The third-order valence-electron chi connectivity index (χ3n) is 5.05. The summed E-state index contributed by atoms with van der Waals surface area (Å²) in [7, 11) is 1.70. The van der Waals surface area contributed by atoms with Gasteiger partial charge in [-0.3, -0.25) is 14.6 Å². The fourth-order valence-electron chi connectivity index (χ4n) is 3.37. The molecule has 0 aliphatic rings. The lowest BCUT2D eigenvalue weighted by Gasteiger charge is -2.30. The normalized spacial score (nSPS) is 11.4. The summed E-state index contributed by atoms with van der Waals surface area (Å²) in [4.78, 5) is 47.2. The minimum Gasteiger partial charge on any atom is -0.389 e. The van der Waals surface area contributed by atoms with E-state index in [9.17, 15) is 14.4 Å². The average Bonchev–Trinajstić information content (AvgIpc) is 2.71. The molecule has 0 atom stereocenters. The van der Waals surface area contributed by atoms with Crippen LogP contribution < -0.4 is 16.7 Å². The molecule has 31 heavy (non-hydrogen) atoms. The van der Waals surface area contributed by atoms with Crippen LogP contribution in [0.15, 0.2) is 45.7 Å². The van der Waals surface area contributed by atoms with Gasteiger partial charge in [0.1, 0.15) is 5.54 Å². The Hall–Kier alpha value is -3.75. The van der Waals surface area contributed by atoms with Crippen LogP contribution in [-0.2, 0) is 11.2 Å². The number of rotatable bonds is 7. The number of aromatic nitrogens is 2. The maximum atomic E-state index is 13.0. The summed E-state index contributed by atoms with van der Waals surface area (Å²) >= 11 is 0. The quantitative estimate of drug-likeness (QED) is 0.593. The van der Waals surface area contributed by atoms with Crippen LogP contribution in [0.1, 0.15) is 35.5 Å². The molecule has 162 valence electrons. The third kappa shape index (κ3) is 4.71. The zero-order valence-corrected chi connectivity index (χ0v) is 17.9. The molecule has 0 radical (unpaired) electrons. The first-order chi connectivity index (χ1) is 14.6. The number of primary amides is 1. The van der Waals surface area contributed by atoms with Crippen LogP contribution in [0.3, 0.4) is 0 Å². The van der Waals surface area contributed by atoms with E-state index in [2.05, 4.69) is 15.3 Å². The summed E-state index contributed by atoms with van der Waals surface area (Å²) in [5, 5.41) is 3.09. The van der Waals surface area contributed by atoms with Crippen molar-refractivity contribution in [2.24, 2.45) is 5.73 Å². The number of aryl methyl sites for hydroxylation is 1. The number of hydrogen-bond acceptors (Lipinski definition) is 7. The van der Waals surface area contributed by atoms with Gasteiger partial charge in [0.15, 0.2) is 0 Å². The molecule has 1 aromatic carbocycles. The first-order valence-corrected chi connectivity index (χ1v) is 9.78. The van der Waals surface area contributed by atoms with Crippen molar-refractivity contribution in [1.82, 2.24) is 14.9 Å². The number of anilines is 1. The molecule has 0 bridgehead atoms. The van der Waals surface area contributed by atoms with Gasteiger partial charge in [0, 0.05) is 37.5 Å². The molecule has 3 aromatic rings. The Bertz CT molecular complexity index is 1190. The summed E-state index contributed by atoms with van der Waals surface area (Å²) < 4.78 is 5.29. The molecular weight excluding hydrogens is 398 g/mol. The van der Waals surface area contributed by atoms with Gasteiger partial charge in [-0.25, -0.2) is 4.79 Å². The van der Waals surface area contributed by atoms with E-state index in [1.54, 1.807) is 38.9 Å². The molecule has 0 aliphatic carbocycles. The highest BCUT2D eigenvalue weighted by molar-refractivity contribution is 5.99. The van der Waals surface area contributed by atoms with Gasteiger partial charge in [0.05, 0.1) is 10.9 Å². The topological polar surface area (TPSA) is 131 Å². The second-order valence-corrected chi connectivity index (χ2v) is 7.85. The van der Waals surface area contributed by atoms with E-state index in [-0.39, 0.29) is 22.9 Å². The second kappa shape index (κ2) is 8.55. The van der Waals surface area contributed by atoms with E-state index >= 15 is 0 Å². The molecule has 2 aromatic heterocycles. The lowest BCUT2D eigenvalue weighted by molar-refractivity contribution is -0.133. The predicted molar refractivity (Wildman–Crippen MR) is 117 cm³/mol. The van der Waals surface area contributed by atoms with Gasteiger partial charge in [-0.1, -0.05) is 6.07 Å². The van der Waals surface area contributed by atoms with Crippen LogP contribution in [0.2, 0.25) is 0 Å². The summed E-state index contributed by atoms with van der Waals surface area (Å²) in [6, 6.07) is 8.60. The molecule has 3 N–H and O–H groups in total. The van der Waals surface area contributed by atoms with E-state index in [4.69, 9.17) is 10.2 Å². The predicted octanol–water partition coefficient (Wildman–Crippen LogP) is 1.88. The van der Waals surface area contributed by atoms with Gasteiger partial charge >= 0.3 is 5.63 Å². The number of carbonyl (C=O) groups excluding carboxylic acids is 2. The van der Waals surface area contributed by atoms with Crippen molar-refractivity contribution < 1.29 is 14.0 Å². The smallest absolute Gasteiger partial charge is 0.348 e. The number of fused-ring (bicyclic) bond motifs is 1. The molecule has 9 nitrogen and oxygen atoms in total. The van der Waals surface area contributed by atoms with Crippen molar-refractivity contribution in [2.75, 3.05) is 18.9 Å². The van der Waals surface area contributed by atoms with Crippen LogP contribution in [0.25, 0.3) is 10.9 Å². The first kappa shape index (κ1) is 21.9. The molecule has 0 saturated heterocycles. The van der Waals surface area contributed by atoms with Gasteiger partial charge in [-0.15, -0.1) is 0 Å². The van der Waals surface area contributed by atoms with Gasteiger partial charge in [-0.2, -0.15) is 4.98 Å². The third-order valence-corrected chi connectivity index (χ3v) is 5.05. The summed E-state index contributed by atoms with van der Waals surface area (Å²) in [6.07, 6.45) is 2.33. The minimum atomic E-state index is -1.09. The monoisotopic (exact) mass is 423 g/mol. The van der Waals surface area contributed by atoms with Crippen molar-refractivity contribution in [3.8, 4) is 0 Å². The Morgan fingerprint density at radius 1 is 1.23 bits per heavy atom. The molecule has 0 aliphatic heterocycles. The lowest BCUT2D eigenvalue weighted by Crippen LogP contribution is -2.49. The van der Waals surface area contributed by atoms with Crippen molar-refractivity contribution >= 4 is 28.7 Å². The first-order valence-electron chi connectivity index (χ1n) is 9.78. The number of pyridine rings is 1. The van der Waals surface area contributed by atoms with E-state index in [1.807, 2.05) is 18.2 Å². The highest BCUT2D eigenvalue weighted by Gasteiger charge is 2.32. The fraction of sp³-hybridized carbons (Fsp3) is 0.318. The number of benzene rings is 1. The summed E-state index contributed by atoms with van der Waals surface area (Å²) in [6.45, 7) is 5.45. The van der Waals surface area contributed by atoms with Crippen LogP contribution in [-0.4, -0.2) is 45.8 Å². The van der Waals surface area contributed by atoms with Gasteiger partial charge in [0.2, 0.25) is 11.8 Å². The van der Waals surface area contributed by atoms with Crippen LogP contribution in [0.5, 0.6) is 0 Å². The van der Waals surface area contributed by atoms with E-state index in [1.165, 1.54) is 12.1 Å². The lowest BCUT2D eigenvalue weighted by atomic mass is 10.0. The molecule has 0 saturated carbocycles. The van der Waals surface area contributed by atoms with Crippen LogP contribution in [0.4, 0.5) is 6.01 Å². The Kier molecular flexibility index (Phi) is 6.05. The SMILES string of the molecule is Cc1c(C(N)=O)ccc2nc(NC(C)(C)C(=O)N(C)CCc3ccccn3)oc(=O)c12. The largest absolute Gasteiger partial charge is 0.389 e. The zero-order chi connectivity index (χ0) is 22.8. The molecular formula is C22H25N5O4. The molecule has 0 unspecified atom stereocenters. The second-order valence-electron chi connectivity index (χ2n) is 7.85. The van der Waals surface area contributed by atoms with Gasteiger partial charge < -0.3 is 20.4 Å². The molecule has 3 rings (SSSR count). The van der Waals surface area contributed by atoms with E-state index in [0.717, 1.165) is 5.69 Å². The molecule has 2 heterocycles. The van der Waals surface area contributed by atoms with Gasteiger partial charge in [-0.05, 0) is 50.6 Å². The molecule has 0 spiro atoms. The van der Waals surface area contributed by atoms with Crippen molar-refractivity contribution in [2.45, 2.75) is 32.7 Å². The number of hydrogen-bond donors (Lipinski definition) is 2. The number of likely N-dealkylation sites (N-methyl/N-ethyl adjacent to an activating group) is 1. The number of nitrogens with two attached hydrogens (primary N) is 1. The minimum absolute atomic E-state index is 0.0831. The van der Waals surface area contributed by atoms with Crippen LogP contribution in [0, 0.1) is 6.92 Å². The Labute approximate surface area is 179 Å². The van der Waals surface area contributed by atoms with Crippen molar-refractivity contribution in [3.63, 3.8) is 0 Å². The Morgan fingerprint density at radius 3 is 2.61 bits per heavy atom. The average molecular weight is 423 g/mol. The number of carbonyl (C=O) groups is 2. The number of amides is 2. The molecule has 0 fully saturated rings. The van der Waals surface area contributed by atoms with E-state index in [0.29, 0.717) is 24.0 Å². The Balaban J connectivity index is 1.79. The van der Waals surface area contributed by atoms with Crippen LogP contribution >= 0.6 is 0 Å². The highest BCUT2D eigenvalue weighted by Crippen LogP contribution is 2.21. The van der Waals surface area contributed by atoms with E-state index < -0.39 is 17.1 Å². The maximum Gasteiger partial charge on any atom is 0.348 e. The number of nitrogens with zero attached hydrogens (tertiary/aromatic N) is 3. The molecule has 9 heteroatoms. The zero-order valence-electron chi connectivity index (χ0n) is 17.9. The van der Waals surface area contributed by atoms with Crippen molar-refractivity contribution in [1.29, 1.82) is 0 Å².